The number of alkyl halides is 3. The molecule has 0 unspecified atom stereocenters. The van der Waals surface area contributed by atoms with Crippen LogP contribution in [0.5, 0.6) is 0 Å². The first kappa shape index (κ1) is 20.9. The van der Waals surface area contributed by atoms with Gasteiger partial charge in [0.15, 0.2) is 0 Å². The standard InChI is InChI=1S/C18H13ClF3NO3S2/c1-25-7-6-23-16(24)15(28-17(23)27)9-11-3-5-14(26-11)10-2-4-13(19)12(8-10)18(20,21)22/h2-5,8-9H,6-7H2,1H3. The molecule has 2 aromatic rings. The second-order valence-corrected chi connectivity index (χ2v) is 7.80. The summed E-state index contributed by atoms with van der Waals surface area (Å²) in [5.41, 5.74) is -0.715. The fraction of sp³-hybridized carbons (Fsp3) is 0.222. The van der Waals surface area contributed by atoms with Crippen LogP contribution in [0.1, 0.15) is 11.3 Å². The fourth-order valence-corrected chi connectivity index (χ4v) is 4.00. The third kappa shape index (κ3) is 4.43. The van der Waals surface area contributed by atoms with E-state index in [-0.39, 0.29) is 22.3 Å². The van der Waals surface area contributed by atoms with Crippen LogP contribution in [0.15, 0.2) is 39.7 Å². The Labute approximate surface area is 173 Å². The van der Waals surface area contributed by atoms with E-state index in [4.69, 9.17) is 33.0 Å². The molecule has 1 aromatic carbocycles. The number of rotatable bonds is 5. The second kappa shape index (κ2) is 8.28. The Kier molecular flexibility index (Phi) is 6.18. The molecule has 148 valence electrons. The van der Waals surface area contributed by atoms with Crippen molar-refractivity contribution >= 4 is 51.9 Å². The molecule has 0 bridgehead atoms. The number of carbonyl (C=O) groups excluding carboxylic acids is 1. The molecule has 1 aromatic heterocycles. The van der Waals surface area contributed by atoms with Gasteiger partial charge in [-0.1, -0.05) is 35.6 Å². The van der Waals surface area contributed by atoms with Crippen LogP contribution in [0.2, 0.25) is 5.02 Å². The summed E-state index contributed by atoms with van der Waals surface area (Å²) in [5, 5.41) is -0.386. The zero-order chi connectivity index (χ0) is 20.5. The topological polar surface area (TPSA) is 42.7 Å². The molecule has 4 nitrogen and oxygen atoms in total. The summed E-state index contributed by atoms with van der Waals surface area (Å²) in [4.78, 5) is 14.2. The van der Waals surface area contributed by atoms with E-state index in [1.807, 2.05) is 0 Å². The van der Waals surface area contributed by atoms with Crippen molar-refractivity contribution in [2.75, 3.05) is 20.3 Å². The molecule has 10 heteroatoms. The van der Waals surface area contributed by atoms with Gasteiger partial charge in [-0.2, -0.15) is 13.2 Å². The van der Waals surface area contributed by atoms with E-state index >= 15 is 0 Å². The van der Waals surface area contributed by atoms with Crippen LogP contribution in [-0.4, -0.2) is 35.4 Å². The van der Waals surface area contributed by atoms with Gasteiger partial charge in [0.1, 0.15) is 15.8 Å². The molecular weight excluding hydrogens is 435 g/mol. The summed E-state index contributed by atoms with van der Waals surface area (Å²) in [5.74, 6) is 0.282. The summed E-state index contributed by atoms with van der Waals surface area (Å²) in [7, 11) is 1.53. The highest BCUT2D eigenvalue weighted by molar-refractivity contribution is 8.26. The molecule has 1 amide bonds. The molecule has 0 saturated carbocycles. The van der Waals surface area contributed by atoms with Gasteiger partial charge in [0.2, 0.25) is 0 Å². The maximum Gasteiger partial charge on any atom is 0.417 e. The first-order valence-corrected chi connectivity index (χ1v) is 9.52. The summed E-state index contributed by atoms with van der Waals surface area (Å²) in [6.45, 7) is 0.690. The lowest BCUT2D eigenvalue weighted by atomic mass is 10.1. The molecule has 1 aliphatic rings. The molecule has 3 rings (SSSR count). The molecule has 1 saturated heterocycles. The SMILES string of the molecule is COCCN1C(=O)C(=Cc2ccc(-c3ccc(Cl)c(C(F)(F)F)c3)o2)SC1=S. The van der Waals surface area contributed by atoms with E-state index < -0.39 is 11.7 Å². The first-order chi connectivity index (χ1) is 13.2. The van der Waals surface area contributed by atoms with E-state index in [2.05, 4.69) is 0 Å². The smallest absolute Gasteiger partial charge is 0.417 e. The highest BCUT2D eigenvalue weighted by atomic mass is 35.5. The molecule has 0 radical (unpaired) electrons. The van der Waals surface area contributed by atoms with Crippen LogP contribution < -0.4 is 0 Å². The third-order valence-electron chi connectivity index (χ3n) is 3.85. The van der Waals surface area contributed by atoms with E-state index in [9.17, 15) is 18.0 Å². The minimum absolute atomic E-state index is 0.225. The number of halogens is 4. The number of benzene rings is 1. The zero-order valence-corrected chi connectivity index (χ0v) is 16.8. The van der Waals surface area contributed by atoms with Crippen molar-refractivity contribution in [3.63, 3.8) is 0 Å². The van der Waals surface area contributed by atoms with Gasteiger partial charge in [-0.25, -0.2) is 0 Å². The summed E-state index contributed by atoms with van der Waals surface area (Å²) >= 11 is 12.0. The van der Waals surface area contributed by atoms with E-state index in [1.165, 1.54) is 36.3 Å². The Hall–Kier alpha value is -1.81. The van der Waals surface area contributed by atoms with Crippen LogP contribution in [0.25, 0.3) is 17.4 Å². The summed E-state index contributed by atoms with van der Waals surface area (Å²) < 4.78 is 50.1. The second-order valence-electron chi connectivity index (χ2n) is 5.72. The van der Waals surface area contributed by atoms with Gasteiger partial charge < -0.3 is 9.15 Å². The van der Waals surface area contributed by atoms with Crippen molar-refractivity contribution in [3.8, 4) is 11.3 Å². The van der Waals surface area contributed by atoms with E-state index in [0.717, 1.165) is 17.8 Å². The number of hydrogen-bond donors (Lipinski definition) is 0. The molecule has 28 heavy (non-hydrogen) atoms. The van der Waals surface area contributed by atoms with Gasteiger partial charge in [-0.15, -0.1) is 0 Å². The van der Waals surface area contributed by atoms with Crippen molar-refractivity contribution in [1.29, 1.82) is 0 Å². The van der Waals surface area contributed by atoms with Crippen molar-refractivity contribution in [2.45, 2.75) is 6.18 Å². The maximum absolute atomic E-state index is 13.0. The Balaban J connectivity index is 1.85. The molecule has 0 N–H and O–H groups in total. The largest absolute Gasteiger partial charge is 0.457 e. The van der Waals surface area contributed by atoms with Gasteiger partial charge in [0.05, 0.1) is 28.6 Å². The average molecular weight is 448 g/mol. The number of amides is 1. The Morgan fingerprint density at radius 1 is 1.32 bits per heavy atom. The number of methoxy groups -OCH3 is 1. The number of thioether (sulfide) groups is 1. The molecule has 0 aliphatic carbocycles. The zero-order valence-electron chi connectivity index (χ0n) is 14.4. The minimum atomic E-state index is -4.57. The minimum Gasteiger partial charge on any atom is -0.457 e. The number of hydrogen-bond acceptors (Lipinski definition) is 5. The lowest BCUT2D eigenvalue weighted by Crippen LogP contribution is -2.31. The van der Waals surface area contributed by atoms with Crippen LogP contribution in [0.3, 0.4) is 0 Å². The lowest BCUT2D eigenvalue weighted by Gasteiger charge is -2.12. The summed E-state index contributed by atoms with van der Waals surface area (Å²) in [6.07, 6.45) is -3.06. The van der Waals surface area contributed by atoms with Gasteiger partial charge in [-0.05, 0) is 30.3 Å². The van der Waals surface area contributed by atoms with Crippen LogP contribution >= 0.6 is 35.6 Å². The van der Waals surface area contributed by atoms with Crippen molar-refractivity contribution in [3.05, 3.63) is 51.6 Å². The number of nitrogens with zero attached hydrogens (tertiary/aromatic N) is 1. The Morgan fingerprint density at radius 3 is 2.75 bits per heavy atom. The van der Waals surface area contributed by atoms with Gasteiger partial charge >= 0.3 is 6.18 Å². The average Bonchev–Trinajstić information content (AvgIpc) is 3.18. The molecule has 2 heterocycles. The lowest BCUT2D eigenvalue weighted by molar-refractivity contribution is -0.137. The molecule has 0 spiro atoms. The fourth-order valence-electron chi connectivity index (χ4n) is 2.49. The Morgan fingerprint density at radius 2 is 2.07 bits per heavy atom. The monoisotopic (exact) mass is 447 g/mol. The van der Waals surface area contributed by atoms with Gasteiger partial charge in [0.25, 0.3) is 5.91 Å². The number of carbonyl (C=O) groups is 1. The normalized spacial score (nSPS) is 16.5. The number of ether oxygens (including phenoxy) is 1. The maximum atomic E-state index is 13.0. The highest BCUT2D eigenvalue weighted by Gasteiger charge is 2.34. The van der Waals surface area contributed by atoms with Crippen molar-refractivity contribution in [1.82, 2.24) is 4.90 Å². The molecule has 1 fully saturated rings. The van der Waals surface area contributed by atoms with Crippen molar-refractivity contribution in [2.24, 2.45) is 0 Å². The van der Waals surface area contributed by atoms with E-state index in [0.29, 0.717) is 28.1 Å². The van der Waals surface area contributed by atoms with Crippen LogP contribution in [-0.2, 0) is 15.7 Å². The predicted octanol–water partition coefficient (Wildman–Crippen LogP) is 5.47. The van der Waals surface area contributed by atoms with Crippen molar-refractivity contribution < 1.29 is 27.1 Å². The van der Waals surface area contributed by atoms with Crippen LogP contribution in [0, 0.1) is 0 Å². The molecular formula is C18H13ClF3NO3S2. The van der Waals surface area contributed by atoms with Gasteiger partial charge in [0, 0.05) is 18.7 Å². The molecule has 0 atom stereocenters. The Bertz CT molecular complexity index is 956. The first-order valence-electron chi connectivity index (χ1n) is 7.92. The third-order valence-corrected chi connectivity index (χ3v) is 5.56. The number of furan rings is 1. The van der Waals surface area contributed by atoms with Crippen LogP contribution in [0.4, 0.5) is 13.2 Å². The molecule has 1 aliphatic heterocycles. The highest BCUT2D eigenvalue weighted by Crippen LogP contribution is 2.38. The quantitative estimate of drug-likeness (QED) is 0.449. The predicted molar refractivity (Wildman–Crippen MR) is 106 cm³/mol. The van der Waals surface area contributed by atoms with E-state index in [1.54, 1.807) is 6.07 Å². The van der Waals surface area contributed by atoms with Gasteiger partial charge in [-0.3, -0.25) is 9.69 Å². The summed E-state index contributed by atoms with van der Waals surface area (Å²) in [6, 6.07) is 6.63. The number of thiocarbonyl (C=S) groups is 1.